The van der Waals surface area contributed by atoms with E-state index in [-0.39, 0.29) is 19.1 Å². The van der Waals surface area contributed by atoms with E-state index in [1.165, 1.54) is 0 Å². The Balaban J connectivity index is 3.28. The van der Waals surface area contributed by atoms with Gasteiger partial charge in [-0.05, 0) is 32.9 Å². The van der Waals surface area contributed by atoms with Crippen molar-refractivity contribution in [2.24, 2.45) is 0 Å². The first-order valence-corrected chi connectivity index (χ1v) is 6.72. The number of ether oxygens (including phenoxy) is 1. The molecule has 0 aromatic rings. The second kappa shape index (κ2) is 8.84. The van der Waals surface area contributed by atoms with Crippen molar-refractivity contribution in [3.8, 4) is 0 Å². The highest BCUT2D eigenvalue weighted by atomic mass is 32.2. The maximum Gasteiger partial charge on any atom is 0.320 e. The summed E-state index contributed by atoms with van der Waals surface area (Å²) in [6, 6.07) is 0. The van der Waals surface area contributed by atoms with Crippen LogP contribution in [0.3, 0.4) is 0 Å². The van der Waals surface area contributed by atoms with Crippen LogP contribution in [-0.2, 0) is 9.53 Å². The zero-order valence-corrected chi connectivity index (χ0v) is 11.2. The Morgan fingerprint density at radius 1 is 1.38 bits per heavy atom. The zero-order chi connectivity index (χ0) is 12.4. The van der Waals surface area contributed by atoms with Crippen molar-refractivity contribution >= 4 is 17.7 Å². The third-order valence-corrected chi connectivity index (χ3v) is 2.63. The normalized spacial score (nSPS) is 11.5. The molecule has 0 saturated heterocycles. The molecule has 0 atom stereocenters. The maximum atomic E-state index is 11.3. The third-order valence-electron chi connectivity index (χ3n) is 1.56. The van der Waals surface area contributed by atoms with Crippen LogP contribution in [0.4, 0.5) is 0 Å². The lowest BCUT2D eigenvalue weighted by molar-refractivity contribution is -0.153. The molecule has 0 rings (SSSR count). The minimum atomic E-state index is -0.408. The number of hydrogen-bond donors (Lipinski definition) is 2. The molecule has 0 aliphatic rings. The van der Waals surface area contributed by atoms with E-state index in [0.717, 1.165) is 24.5 Å². The summed E-state index contributed by atoms with van der Waals surface area (Å²) in [6.07, 6.45) is 0.830. The van der Waals surface area contributed by atoms with E-state index in [1.54, 1.807) is 11.8 Å². The van der Waals surface area contributed by atoms with Crippen LogP contribution in [-0.4, -0.2) is 47.9 Å². The zero-order valence-electron chi connectivity index (χ0n) is 10.4. The van der Waals surface area contributed by atoms with E-state index in [1.807, 2.05) is 20.8 Å². The van der Waals surface area contributed by atoms with Crippen molar-refractivity contribution in [2.45, 2.75) is 32.8 Å². The molecular formula is C11H23NO3S. The lowest BCUT2D eigenvalue weighted by Crippen LogP contribution is -2.32. The van der Waals surface area contributed by atoms with Crippen LogP contribution in [0.5, 0.6) is 0 Å². The summed E-state index contributed by atoms with van der Waals surface area (Å²) in [6.45, 7) is 6.87. The third kappa shape index (κ3) is 11.8. The van der Waals surface area contributed by atoms with E-state index in [2.05, 4.69) is 5.32 Å². The summed E-state index contributed by atoms with van der Waals surface area (Å²) in [5.41, 5.74) is -0.408. The summed E-state index contributed by atoms with van der Waals surface area (Å²) < 4.78 is 5.14. The quantitative estimate of drug-likeness (QED) is 0.497. The molecule has 5 heteroatoms. The van der Waals surface area contributed by atoms with Crippen molar-refractivity contribution in [1.82, 2.24) is 5.32 Å². The lowest BCUT2D eigenvalue weighted by Gasteiger charge is -2.19. The molecule has 0 aromatic carbocycles. The van der Waals surface area contributed by atoms with E-state index in [9.17, 15) is 4.79 Å². The number of carbonyl (C=O) groups excluding carboxylic acids is 1. The summed E-state index contributed by atoms with van der Waals surface area (Å²) in [5.74, 6) is 1.70. The minimum absolute atomic E-state index is 0.215. The molecule has 0 bridgehead atoms. The molecule has 4 nitrogen and oxygen atoms in total. The summed E-state index contributed by atoms with van der Waals surface area (Å²) in [5, 5.41) is 11.6. The molecule has 16 heavy (non-hydrogen) atoms. The van der Waals surface area contributed by atoms with Gasteiger partial charge in [0.2, 0.25) is 0 Å². The smallest absolute Gasteiger partial charge is 0.320 e. The van der Waals surface area contributed by atoms with Gasteiger partial charge >= 0.3 is 5.97 Å². The maximum absolute atomic E-state index is 11.3. The van der Waals surface area contributed by atoms with E-state index >= 15 is 0 Å². The Morgan fingerprint density at radius 2 is 2.06 bits per heavy atom. The van der Waals surface area contributed by atoms with Crippen molar-refractivity contribution in [2.75, 3.05) is 31.2 Å². The average Bonchev–Trinajstić information content (AvgIpc) is 2.13. The Morgan fingerprint density at radius 3 is 2.62 bits per heavy atom. The highest BCUT2D eigenvalue weighted by Gasteiger charge is 2.15. The van der Waals surface area contributed by atoms with Crippen molar-refractivity contribution in [1.29, 1.82) is 0 Å². The standard InChI is InChI=1S/C11H23NO3S/c1-11(2,3)15-10(14)9-12-5-8-16-7-4-6-13/h12-13H,4-9H2,1-3H3. The van der Waals surface area contributed by atoms with Crippen molar-refractivity contribution in [3.63, 3.8) is 0 Å². The Bertz CT molecular complexity index is 192. The molecule has 0 aliphatic heterocycles. The Kier molecular flexibility index (Phi) is 8.70. The van der Waals surface area contributed by atoms with Gasteiger partial charge in [-0.3, -0.25) is 4.79 Å². The molecule has 0 radical (unpaired) electrons. The van der Waals surface area contributed by atoms with Crippen LogP contribution in [0.1, 0.15) is 27.2 Å². The van der Waals surface area contributed by atoms with Gasteiger partial charge in [-0.15, -0.1) is 0 Å². The second-order valence-corrected chi connectivity index (χ2v) is 5.68. The molecule has 0 aromatic heterocycles. The summed E-state index contributed by atoms with van der Waals surface area (Å²) >= 11 is 1.77. The van der Waals surface area contributed by atoms with Gasteiger partial charge in [-0.2, -0.15) is 11.8 Å². The SMILES string of the molecule is CC(C)(C)OC(=O)CNCCSCCCO. The predicted molar refractivity (Wildman–Crippen MR) is 67.7 cm³/mol. The largest absolute Gasteiger partial charge is 0.459 e. The Labute approximate surface area is 102 Å². The number of carbonyl (C=O) groups is 1. The van der Waals surface area contributed by atoms with Gasteiger partial charge in [0.25, 0.3) is 0 Å². The second-order valence-electron chi connectivity index (χ2n) is 4.45. The number of hydrogen-bond acceptors (Lipinski definition) is 5. The first-order valence-electron chi connectivity index (χ1n) is 5.57. The van der Waals surface area contributed by atoms with Gasteiger partial charge in [0.05, 0.1) is 6.54 Å². The fourth-order valence-electron chi connectivity index (χ4n) is 0.981. The van der Waals surface area contributed by atoms with Crippen molar-refractivity contribution in [3.05, 3.63) is 0 Å². The number of aliphatic hydroxyl groups excluding tert-OH is 1. The molecule has 0 spiro atoms. The molecule has 2 N–H and O–H groups in total. The minimum Gasteiger partial charge on any atom is -0.459 e. The highest BCUT2D eigenvalue weighted by Crippen LogP contribution is 2.06. The van der Waals surface area contributed by atoms with Crippen LogP contribution in [0.2, 0.25) is 0 Å². The topological polar surface area (TPSA) is 58.6 Å². The molecule has 0 amide bonds. The average molecular weight is 249 g/mol. The van der Waals surface area contributed by atoms with E-state index in [0.29, 0.717) is 0 Å². The molecule has 0 heterocycles. The van der Waals surface area contributed by atoms with E-state index < -0.39 is 5.60 Å². The van der Waals surface area contributed by atoms with E-state index in [4.69, 9.17) is 9.84 Å². The van der Waals surface area contributed by atoms with Gasteiger partial charge in [0, 0.05) is 18.9 Å². The summed E-state index contributed by atoms with van der Waals surface area (Å²) in [7, 11) is 0. The highest BCUT2D eigenvalue weighted by molar-refractivity contribution is 7.99. The Hall–Kier alpha value is -0.260. The van der Waals surface area contributed by atoms with Crippen LogP contribution in [0.15, 0.2) is 0 Å². The predicted octanol–water partition coefficient (Wildman–Crippen LogP) is 1.03. The number of thioether (sulfide) groups is 1. The number of aliphatic hydroxyl groups is 1. The first-order chi connectivity index (χ1) is 7.45. The van der Waals surface area contributed by atoms with Gasteiger partial charge in [-0.1, -0.05) is 0 Å². The molecule has 0 unspecified atom stereocenters. The van der Waals surface area contributed by atoms with Crippen LogP contribution in [0, 0.1) is 0 Å². The van der Waals surface area contributed by atoms with Crippen LogP contribution < -0.4 is 5.32 Å². The number of nitrogens with one attached hydrogen (secondary N) is 1. The fraction of sp³-hybridized carbons (Fsp3) is 0.909. The van der Waals surface area contributed by atoms with Crippen LogP contribution in [0.25, 0.3) is 0 Å². The van der Waals surface area contributed by atoms with Crippen LogP contribution >= 0.6 is 11.8 Å². The molecule has 0 aliphatic carbocycles. The van der Waals surface area contributed by atoms with Gasteiger partial charge in [0.15, 0.2) is 0 Å². The van der Waals surface area contributed by atoms with Gasteiger partial charge in [-0.25, -0.2) is 0 Å². The number of rotatable bonds is 8. The molecule has 96 valence electrons. The fourth-order valence-corrected chi connectivity index (χ4v) is 1.81. The molecule has 0 fully saturated rings. The van der Waals surface area contributed by atoms with Crippen molar-refractivity contribution < 1.29 is 14.6 Å². The van der Waals surface area contributed by atoms with Gasteiger partial charge in [0.1, 0.15) is 5.60 Å². The number of esters is 1. The monoisotopic (exact) mass is 249 g/mol. The summed E-state index contributed by atoms with van der Waals surface area (Å²) in [4.78, 5) is 11.3. The molecule has 0 saturated carbocycles. The molecular weight excluding hydrogens is 226 g/mol. The van der Waals surface area contributed by atoms with Gasteiger partial charge < -0.3 is 15.2 Å². The lowest BCUT2D eigenvalue weighted by atomic mass is 10.2. The first kappa shape index (κ1) is 15.7.